The Bertz CT molecular complexity index is 513. The van der Waals surface area contributed by atoms with E-state index in [1.165, 1.54) is 17.6 Å². The van der Waals surface area contributed by atoms with Crippen molar-refractivity contribution in [2.24, 2.45) is 0 Å². The number of rotatable bonds is 4. The quantitative estimate of drug-likeness (QED) is 0.912. The Kier molecular flexibility index (Phi) is 3.63. The van der Waals surface area contributed by atoms with Crippen molar-refractivity contribution >= 4 is 16.7 Å². The Labute approximate surface area is 102 Å². The molecule has 3 nitrogen and oxygen atoms in total. The molecule has 0 aliphatic carbocycles. The number of hydrogen-bond acceptors (Lipinski definition) is 4. The minimum absolute atomic E-state index is 0.196. The molecule has 0 unspecified atom stereocenters. The lowest BCUT2D eigenvalue weighted by molar-refractivity contribution is 0.587. The van der Waals surface area contributed by atoms with Gasteiger partial charge in [-0.25, -0.2) is 13.8 Å². The number of hydrogen-bond donors (Lipinski definition) is 1. The van der Waals surface area contributed by atoms with E-state index in [0.29, 0.717) is 5.13 Å². The van der Waals surface area contributed by atoms with Crippen LogP contribution in [0.25, 0.3) is 0 Å². The zero-order chi connectivity index (χ0) is 12.3. The summed E-state index contributed by atoms with van der Waals surface area (Å²) in [6, 6.07) is 3.38. The summed E-state index contributed by atoms with van der Waals surface area (Å²) in [5, 5.41) is 3.54. The average Bonchev–Trinajstić information content (AvgIpc) is 2.78. The molecule has 17 heavy (non-hydrogen) atoms. The van der Waals surface area contributed by atoms with Gasteiger partial charge in [0, 0.05) is 30.1 Å². The smallest absolute Gasteiger partial charge is 0.202 e. The highest BCUT2D eigenvalue weighted by Gasteiger charge is 2.06. The van der Waals surface area contributed by atoms with Crippen molar-refractivity contribution in [2.45, 2.75) is 19.9 Å². The van der Waals surface area contributed by atoms with Gasteiger partial charge in [-0.1, -0.05) is 6.92 Å². The van der Waals surface area contributed by atoms with Crippen molar-refractivity contribution in [3.05, 3.63) is 41.2 Å². The lowest BCUT2D eigenvalue weighted by Gasteiger charge is -2.03. The van der Waals surface area contributed by atoms with Gasteiger partial charge in [0.2, 0.25) is 5.13 Å². The topological polar surface area (TPSA) is 37.8 Å². The number of halogens is 2. The van der Waals surface area contributed by atoms with Crippen LogP contribution in [0.5, 0.6) is 0 Å². The minimum atomic E-state index is -0.449. The van der Waals surface area contributed by atoms with Crippen molar-refractivity contribution < 1.29 is 8.78 Å². The molecule has 1 heterocycles. The molecule has 1 aromatic heterocycles. The van der Waals surface area contributed by atoms with Gasteiger partial charge in [-0.3, -0.25) is 0 Å². The van der Waals surface area contributed by atoms with Gasteiger partial charge in [0.1, 0.15) is 17.5 Å². The van der Waals surface area contributed by atoms with Crippen LogP contribution in [0.3, 0.4) is 0 Å². The summed E-state index contributed by atoms with van der Waals surface area (Å²) >= 11 is 1.22. The molecule has 0 aliphatic heterocycles. The van der Waals surface area contributed by atoms with Gasteiger partial charge >= 0.3 is 0 Å². The molecular formula is C11H11F2N3S. The van der Waals surface area contributed by atoms with E-state index in [-0.39, 0.29) is 12.1 Å². The first-order valence-electron chi connectivity index (χ1n) is 5.19. The molecule has 0 aliphatic rings. The minimum Gasteiger partial charge on any atom is -0.356 e. The van der Waals surface area contributed by atoms with Crippen molar-refractivity contribution in [1.29, 1.82) is 0 Å². The zero-order valence-electron chi connectivity index (χ0n) is 9.20. The molecular weight excluding hydrogens is 244 g/mol. The van der Waals surface area contributed by atoms with Gasteiger partial charge in [0.25, 0.3) is 0 Å². The van der Waals surface area contributed by atoms with Crippen LogP contribution < -0.4 is 5.32 Å². The van der Waals surface area contributed by atoms with Crippen molar-refractivity contribution in [3.63, 3.8) is 0 Å². The van der Waals surface area contributed by atoms with Crippen LogP contribution in [-0.4, -0.2) is 9.36 Å². The molecule has 0 saturated carbocycles. The van der Waals surface area contributed by atoms with E-state index in [4.69, 9.17) is 0 Å². The van der Waals surface area contributed by atoms with Crippen LogP contribution in [0.1, 0.15) is 18.3 Å². The largest absolute Gasteiger partial charge is 0.356 e. The maximum Gasteiger partial charge on any atom is 0.202 e. The fraction of sp³-hybridized carbons (Fsp3) is 0.273. The predicted molar refractivity (Wildman–Crippen MR) is 63.0 cm³/mol. The molecule has 6 heteroatoms. The highest BCUT2D eigenvalue weighted by Crippen LogP contribution is 2.15. The SMILES string of the molecule is CCc1nsc(NCc2cc(F)ccc2F)n1. The van der Waals surface area contributed by atoms with Crippen LogP contribution in [0.15, 0.2) is 18.2 Å². The number of nitrogens with zero attached hydrogens (tertiary/aromatic N) is 2. The zero-order valence-corrected chi connectivity index (χ0v) is 10.0. The fourth-order valence-electron chi connectivity index (χ4n) is 1.32. The Morgan fingerprint density at radius 3 is 2.88 bits per heavy atom. The summed E-state index contributed by atoms with van der Waals surface area (Å²) in [7, 11) is 0. The maximum atomic E-state index is 13.3. The maximum absolute atomic E-state index is 13.3. The van der Waals surface area contributed by atoms with Crippen molar-refractivity contribution in [1.82, 2.24) is 9.36 Å². The van der Waals surface area contributed by atoms with E-state index < -0.39 is 11.6 Å². The molecule has 0 fully saturated rings. The summed E-state index contributed by atoms with van der Waals surface area (Å²) < 4.78 is 30.3. The lowest BCUT2D eigenvalue weighted by atomic mass is 10.2. The third kappa shape index (κ3) is 2.97. The monoisotopic (exact) mass is 255 g/mol. The second-order valence-electron chi connectivity index (χ2n) is 3.46. The standard InChI is InChI=1S/C11H11F2N3S/c1-2-10-15-11(17-16-10)14-6-7-5-8(12)3-4-9(7)13/h3-5H,2,6H2,1H3,(H,14,15,16). The summed E-state index contributed by atoms with van der Waals surface area (Å²) in [6.45, 7) is 2.15. The van der Waals surface area contributed by atoms with Gasteiger partial charge in [-0.05, 0) is 18.2 Å². The van der Waals surface area contributed by atoms with Gasteiger partial charge in [0.15, 0.2) is 0 Å². The summed E-state index contributed by atoms with van der Waals surface area (Å²) in [4.78, 5) is 4.18. The molecule has 0 amide bonds. The molecule has 0 bridgehead atoms. The van der Waals surface area contributed by atoms with Gasteiger partial charge in [0.05, 0.1) is 0 Å². The second kappa shape index (κ2) is 5.18. The molecule has 0 atom stereocenters. The van der Waals surface area contributed by atoms with Gasteiger partial charge in [-0.2, -0.15) is 4.37 Å². The number of anilines is 1. The summed E-state index contributed by atoms with van der Waals surface area (Å²) in [5.74, 6) is -0.133. The van der Waals surface area contributed by atoms with E-state index in [0.717, 1.165) is 24.4 Å². The van der Waals surface area contributed by atoms with Gasteiger partial charge < -0.3 is 5.32 Å². The summed E-state index contributed by atoms with van der Waals surface area (Å²) in [6.07, 6.45) is 0.756. The molecule has 1 aromatic carbocycles. The third-order valence-corrected chi connectivity index (χ3v) is 2.93. The first kappa shape index (κ1) is 11.9. The fourth-order valence-corrected chi connectivity index (χ4v) is 1.96. The Balaban J connectivity index is 2.04. The highest BCUT2D eigenvalue weighted by atomic mass is 32.1. The van der Waals surface area contributed by atoms with Crippen LogP contribution in [-0.2, 0) is 13.0 Å². The first-order chi connectivity index (χ1) is 8.19. The second-order valence-corrected chi connectivity index (χ2v) is 4.21. The number of aromatic nitrogens is 2. The first-order valence-corrected chi connectivity index (χ1v) is 5.96. The molecule has 2 rings (SSSR count). The van der Waals surface area contributed by atoms with E-state index >= 15 is 0 Å². The Hall–Kier alpha value is -1.56. The van der Waals surface area contributed by atoms with Crippen LogP contribution in [0.4, 0.5) is 13.9 Å². The van der Waals surface area contributed by atoms with Crippen LogP contribution in [0, 0.1) is 11.6 Å². The third-order valence-electron chi connectivity index (χ3n) is 2.22. The van der Waals surface area contributed by atoms with Crippen LogP contribution >= 0.6 is 11.5 Å². The number of nitrogens with one attached hydrogen (secondary N) is 1. The lowest BCUT2D eigenvalue weighted by Crippen LogP contribution is -2.02. The van der Waals surface area contributed by atoms with Crippen molar-refractivity contribution in [3.8, 4) is 0 Å². The normalized spacial score (nSPS) is 10.5. The number of aryl methyl sites for hydroxylation is 1. The molecule has 90 valence electrons. The highest BCUT2D eigenvalue weighted by molar-refractivity contribution is 7.09. The van der Waals surface area contributed by atoms with Gasteiger partial charge in [-0.15, -0.1) is 0 Å². The average molecular weight is 255 g/mol. The molecule has 0 spiro atoms. The van der Waals surface area contributed by atoms with E-state index in [1.54, 1.807) is 0 Å². The van der Waals surface area contributed by atoms with E-state index in [9.17, 15) is 8.78 Å². The van der Waals surface area contributed by atoms with Crippen LogP contribution in [0.2, 0.25) is 0 Å². The van der Waals surface area contributed by atoms with Crippen molar-refractivity contribution in [2.75, 3.05) is 5.32 Å². The Morgan fingerprint density at radius 2 is 2.18 bits per heavy atom. The molecule has 2 aromatic rings. The molecule has 0 radical (unpaired) electrons. The Morgan fingerprint density at radius 1 is 1.35 bits per heavy atom. The summed E-state index contributed by atoms with van der Waals surface area (Å²) in [5.41, 5.74) is 0.276. The number of benzene rings is 1. The molecule has 1 N–H and O–H groups in total. The van der Waals surface area contributed by atoms with E-state index in [2.05, 4.69) is 14.7 Å². The predicted octanol–water partition coefficient (Wildman–Crippen LogP) is 2.99. The van der Waals surface area contributed by atoms with E-state index in [1.807, 2.05) is 6.92 Å². The molecule has 0 saturated heterocycles.